The number of hydroxylamine groups is 8. The van der Waals surface area contributed by atoms with E-state index in [1.165, 1.54) is 37.2 Å². The minimum Gasteiger partial charge on any atom is -0.480 e. The van der Waals surface area contributed by atoms with Crippen molar-refractivity contribution in [3.63, 3.8) is 0 Å². The van der Waals surface area contributed by atoms with Crippen LogP contribution in [-0.2, 0) is 56.7 Å². The van der Waals surface area contributed by atoms with Gasteiger partial charge in [0.1, 0.15) is 37.4 Å². The number of hydrogen-bond donors (Lipinski definition) is 7. The van der Waals surface area contributed by atoms with Crippen molar-refractivity contribution in [3.8, 4) is 0 Å². The van der Waals surface area contributed by atoms with Gasteiger partial charge in [-0.05, 0) is 111 Å². The van der Waals surface area contributed by atoms with Gasteiger partial charge in [-0.25, -0.2) is 29.0 Å². The van der Waals surface area contributed by atoms with Gasteiger partial charge >= 0.3 is 40.5 Å². The first-order valence-electron chi connectivity index (χ1n) is 30.4. The monoisotopic (exact) mass is 1330 g/mol. The molecular weight excluding hydrogens is 1260 g/mol. The van der Waals surface area contributed by atoms with Crippen LogP contribution in [0, 0.1) is 0 Å². The third-order valence-corrected chi connectivity index (χ3v) is 17.0. The van der Waals surface area contributed by atoms with Crippen LogP contribution in [0.15, 0.2) is 159 Å². The largest absolute Gasteiger partial charge is 0.480 e. The maximum absolute atomic E-state index is 12.7. The van der Waals surface area contributed by atoms with Gasteiger partial charge in [-0.15, -0.1) is 4.28 Å². The number of aromatic nitrogens is 4. The van der Waals surface area contributed by atoms with Crippen molar-refractivity contribution in [2.75, 3.05) is 47.9 Å². The number of pyridine rings is 4. The second kappa shape index (κ2) is 31.0. The number of urea groups is 4. The Morgan fingerprint density at radius 1 is 0.453 bits per heavy atom. The number of amides is 11. The van der Waals surface area contributed by atoms with E-state index in [0.717, 1.165) is 28.3 Å². The van der Waals surface area contributed by atoms with Crippen LogP contribution in [-0.4, -0.2) is 205 Å². The van der Waals surface area contributed by atoms with Crippen LogP contribution in [0.2, 0.25) is 0 Å². The molecule has 500 valence electrons. The fraction of sp³-hybridized carbons (Fsp3) is 0.355. The van der Waals surface area contributed by atoms with Crippen molar-refractivity contribution >= 4 is 81.0 Å². The van der Waals surface area contributed by atoms with E-state index in [-0.39, 0.29) is 54.5 Å². The number of rotatable bonds is 15. The van der Waals surface area contributed by atoms with Crippen molar-refractivity contribution in [3.05, 3.63) is 170 Å². The number of aliphatic carboxylic acids is 1. The number of anilines is 4. The summed E-state index contributed by atoms with van der Waals surface area (Å²) in [5.74, 6) is -1.72. The zero-order chi connectivity index (χ0) is 67.2. The highest BCUT2D eigenvalue weighted by Crippen LogP contribution is 2.35. The fourth-order valence-corrected chi connectivity index (χ4v) is 12.3. The lowest BCUT2D eigenvalue weighted by molar-refractivity contribution is -0.143. The second-order valence-corrected chi connectivity index (χ2v) is 23.9. The maximum atomic E-state index is 12.7. The van der Waals surface area contributed by atoms with Crippen LogP contribution in [0.3, 0.4) is 0 Å². The molecule has 0 radical (unpaired) electrons. The molecule has 8 bridgehead atoms. The number of carboxylic acids is 1. The smallest absolute Gasteiger partial charge is 0.418 e. The molecule has 14 rings (SSSR count). The number of nitrogen functional groups attached to an aromatic ring is 1. The van der Waals surface area contributed by atoms with Crippen LogP contribution in [0.5, 0.6) is 0 Å². The highest BCUT2D eigenvalue weighted by molar-refractivity contribution is 7.80. The van der Waals surface area contributed by atoms with Crippen molar-refractivity contribution in [2.45, 2.75) is 113 Å². The van der Waals surface area contributed by atoms with Crippen LogP contribution < -0.4 is 21.7 Å². The number of carboxylic acid groups (broad SMARTS) is 1. The lowest BCUT2D eigenvalue weighted by Gasteiger charge is -2.29. The third kappa shape index (κ3) is 17.0. The quantitative estimate of drug-likeness (QED) is 0.0509. The van der Waals surface area contributed by atoms with Crippen molar-refractivity contribution < 1.29 is 75.6 Å². The number of benzene rings is 2. The number of fused-ring (bicyclic) bond motifs is 8. The van der Waals surface area contributed by atoms with Crippen molar-refractivity contribution in [1.82, 2.24) is 59.8 Å². The van der Waals surface area contributed by atoms with E-state index in [0.29, 0.717) is 99.9 Å². The maximum Gasteiger partial charge on any atom is 0.418 e. The molecule has 8 aliphatic heterocycles. The molecule has 2 aromatic carbocycles. The van der Waals surface area contributed by atoms with Gasteiger partial charge < -0.3 is 46.4 Å². The predicted octanol–water partition coefficient (Wildman–Crippen LogP) is 5.26. The Morgan fingerprint density at radius 2 is 0.768 bits per heavy atom. The van der Waals surface area contributed by atoms with Gasteiger partial charge in [0.2, 0.25) is 17.7 Å². The van der Waals surface area contributed by atoms with Gasteiger partial charge in [0.05, 0.1) is 24.2 Å². The van der Waals surface area contributed by atoms with Crippen molar-refractivity contribution in [2.24, 2.45) is 0 Å². The number of carbonyl (C=O) groups excluding carboxylic acids is 7. The molecular formula is C62H70N16O16S. The first-order valence-corrected chi connectivity index (χ1v) is 31.8. The van der Waals surface area contributed by atoms with E-state index in [9.17, 15) is 52.0 Å². The zero-order valence-electron chi connectivity index (χ0n) is 51.0. The van der Waals surface area contributed by atoms with E-state index in [2.05, 4.69) is 40.2 Å². The molecule has 95 heavy (non-hydrogen) atoms. The van der Waals surface area contributed by atoms with Crippen LogP contribution in [0.1, 0.15) is 62.5 Å². The summed E-state index contributed by atoms with van der Waals surface area (Å²) in [6.07, 6.45) is 17.2. The van der Waals surface area contributed by atoms with Gasteiger partial charge in [-0.2, -0.15) is 23.6 Å². The molecule has 6 aromatic rings. The summed E-state index contributed by atoms with van der Waals surface area (Å²) in [4.78, 5) is 130. The predicted molar refractivity (Wildman–Crippen MR) is 335 cm³/mol. The summed E-state index contributed by atoms with van der Waals surface area (Å²) < 4.78 is 34.7. The van der Waals surface area contributed by atoms with Crippen LogP contribution in [0.25, 0.3) is 0 Å². The molecule has 11 amide bonds. The second-order valence-electron chi connectivity index (χ2n) is 22.9. The number of nitrogens with zero attached hydrogens (tertiary/aromatic N) is 12. The van der Waals surface area contributed by atoms with E-state index in [1.54, 1.807) is 90.6 Å². The van der Waals surface area contributed by atoms with Gasteiger partial charge in [-0.1, -0.05) is 60.7 Å². The van der Waals surface area contributed by atoms with Gasteiger partial charge in [0, 0.05) is 98.5 Å². The molecule has 4 aromatic heterocycles. The Balaban J connectivity index is 0.000000134. The number of nitrogens with one attached hydrogen (secondary N) is 3. The molecule has 0 saturated carbocycles. The zero-order valence-corrected chi connectivity index (χ0v) is 51.8. The molecule has 8 atom stereocenters. The number of piperidine rings is 4. The van der Waals surface area contributed by atoms with Crippen LogP contribution >= 0.6 is 0 Å². The summed E-state index contributed by atoms with van der Waals surface area (Å²) in [6.45, 7) is 2.17. The summed E-state index contributed by atoms with van der Waals surface area (Å²) >= 11 is 0. The molecule has 0 aliphatic carbocycles. The molecule has 8 aliphatic rings. The van der Waals surface area contributed by atoms with Gasteiger partial charge in [0.15, 0.2) is 0 Å². The molecule has 0 unspecified atom stereocenters. The normalized spacial score (nSPS) is 22.8. The minimum absolute atomic E-state index is 0.00353. The van der Waals surface area contributed by atoms with E-state index < -0.39 is 58.6 Å². The Morgan fingerprint density at radius 3 is 1.13 bits per heavy atom. The number of carbonyl (C=O) groups is 8. The van der Waals surface area contributed by atoms with Crippen LogP contribution in [0.4, 0.5) is 41.9 Å². The van der Waals surface area contributed by atoms with E-state index in [4.69, 9.17) is 25.1 Å². The average Bonchev–Trinajstić information content (AvgIpc) is 1.66. The van der Waals surface area contributed by atoms with Gasteiger partial charge in [-0.3, -0.25) is 53.8 Å². The summed E-state index contributed by atoms with van der Waals surface area (Å²) in [7, 11) is -4.79. The SMILES string of the molecule is Nc1ccncc1.O=C(Nc1ccncc1)[C@@H]1CC[C@@H]2CN1C(=O)N2O.O=C(Nc1ccncc1)[C@@H]1CC[C@@H]2CN1C(=O)N2OCc1ccccc1.O=C(Nc1ccncc1)[C@@H]1CC[C@@H]2CN1C(=O)N2OS(=O)(=O)O.O=C(O)[C@@H]1CC[C@@H]2CN1C(=O)N2OCc1ccccc1. The molecule has 8 saturated heterocycles. The molecule has 32 nitrogen and oxygen atoms in total. The first kappa shape index (κ1) is 67.4. The average molecular weight is 1330 g/mol. The molecule has 33 heteroatoms. The summed E-state index contributed by atoms with van der Waals surface area (Å²) in [5, 5.41) is 31.1. The van der Waals surface area contributed by atoms with E-state index in [1.807, 2.05) is 60.7 Å². The highest BCUT2D eigenvalue weighted by atomic mass is 32.3. The molecule has 12 heterocycles. The Labute approximate surface area is 544 Å². The van der Waals surface area contributed by atoms with Crippen molar-refractivity contribution in [1.29, 1.82) is 0 Å². The van der Waals surface area contributed by atoms with Gasteiger partial charge in [0.25, 0.3) is 0 Å². The summed E-state index contributed by atoms with van der Waals surface area (Å²) in [5.41, 5.74) is 9.93. The fourth-order valence-electron chi connectivity index (χ4n) is 11.9. The Bertz CT molecular complexity index is 3760. The Kier molecular flexibility index (Phi) is 22.0. The standard InChI is InChI=1S/C19H20N4O3.C14H16N2O4.C12H14N4O6S.C12H14N4O3.C5H6N2/c24-18(21-15-8-10-20-11-9-15)17-7-6-16-12-22(17)19(25)23(16)26-13-14-4-2-1-3-5-14;17-13(18)12-7-6-11-8-15(12)14(19)16(11)20-9-10-4-2-1-3-5-10;17-11(14-8-3-5-13-6-4-8)10-2-1-9-7-15(10)12(18)16(9)22-23(19,20)21;17-11(14-8-3-5-13-6-4-8)10-2-1-9-7-15(10)12(18)16(9)19;6-5-1-3-7-4-2-5/h1-5,8-11,16-17H,6-7,12-13H2,(H,20,21,24);1-5,11-12H,6-9H2,(H,17,18);3-6,9-10H,1-2,7H2,(H,13,14,17)(H,19,20,21);3-6,9-10,19H,1-2,7H2,(H,13,14,17);1-4H,(H2,6,7)/t16-,17+;11-,12+;2*9-,10+;/m1111./s1. The number of hydrogen-bond acceptors (Lipinski definition) is 19. The first-order chi connectivity index (χ1) is 45.8. The lowest BCUT2D eigenvalue weighted by atomic mass is 10.0. The third-order valence-electron chi connectivity index (χ3n) is 16.7. The minimum atomic E-state index is -4.79. The highest BCUT2D eigenvalue weighted by Gasteiger charge is 2.52. The van der Waals surface area contributed by atoms with E-state index >= 15 is 0 Å². The molecule has 8 fully saturated rings. The Hall–Kier alpha value is -10.4. The topological polar surface area (TPSA) is 399 Å². The lowest BCUT2D eigenvalue weighted by Crippen LogP contribution is -2.47. The molecule has 0 spiro atoms. The number of nitrogens with two attached hydrogens (primary N) is 1. The molecule has 8 N–H and O–H groups in total. The summed E-state index contributed by atoms with van der Waals surface area (Å²) in [6, 6.07) is 27.8.